The first-order chi connectivity index (χ1) is 18.0. The number of thiophene rings is 1. The number of hydrogen-bond acceptors (Lipinski definition) is 8. The molecule has 0 aliphatic carbocycles. The highest BCUT2D eigenvalue weighted by atomic mass is 32.1. The Morgan fingerprint density at radius 1 is 1.21 bits per heavy atom. The quantitative estimate of drug-likeness (QED) is 0.235. The molecule has 0 radical (unpaired) electrons. The second kappa shape index (κ2) is 9.78. The van der Waals surface area contributed by atoms with Gasteiger partial charge in [-0.1, -0.05) is 0 Å². The van der Waals surface area contributed by atoms with Crippen LogP contribution in [0.2, 0.25) is 0 Å². The van der Waals surface area contributed by atoms with Crippen molar-refractivity contribution in [3.63, 3.8) is 0 Å². The van der Waals surface area contributed by atoms with Gasteiger partial charge >= 0.3 is 6.18 Å². The molecule has 13 heteroatoms. The molecule has 0 bridgehead atoms. The monoisotopic (exact) mass is 547 g/mol. The van der Waals surface area contributed by atoms with Crippen molar-refractivity contribution < 1.29 is 31.6 Å². The van der Waals surface area contributed by atoms with E-state index in [2.05, 4.69) is 24.7 Å². The van der Waals surface area contributed by atoms with Gasteiger partial charge in [-0.05, 0) is 43.7 Å². The molecule has 1 aliphatic rings. The van der Waals surface area contributed by atoms with E-state index in [1.54, 1.807) is 6.92 Å². The maximum Gasteiger partial charge on any atom is 0.449 e. The number of carbonyl (C=O) groups excluding carboxylic acids is 2. The Kier molecular flexibility index (Phi) is 6.63. The van der Waals surface area contributed by atoms with Gasteiger partial charge in [0, 0.05) is 36.5 Å². The minimum atomic E-state index is -4.67. The van der Waals surface area contributed by atoms with Crippen LogP contribution in [-0.2, 0) is 6.18 Å². The summed E-state index contributed by atoms with van der Waals surface area (Å²) in [6.45, 7) is 4.18. The molecular weight excluding hydrogens is 526 g/mol. The third-order valence-electron chi connectivity index (χ3n) is 6.15. The van der Waals surface area contributed by atoms with E-state index >= 15 is 0 Å². The fraction of sp³-hybridized carbons (Fsp3) is 0.320. The van der Waals surface area contributed by atoms with E-state index in [4.69, 9.17) is 0 Å². The molecular formula is C25H21F4N5O3S. The summed E-state index contributed by atoms with van der Waals surface area (Å²) in [7, 11) is 0. The number of alkyl halides is 3. The molecule has 38 heavy (non-hydrogen) atoms. The highest BCUT2D eigenvalue weighted by molar-refractivity contribution is 7.19. The smallest absolute Gasteiger partial charge is 0.448 e. The first kappa shape index (κ1) is 25.8. The molecule has 8 nitrogen and oxygen atoms in total. The first-order valence-electron chi connectivity index (χ1n) is 11.6. The Labute approximate surface area is 217 Å². The van der Waals surface area contributed by atoms with E-state index < -0.39 is 29.6 Å². The summed E-state index contributed by atoms with van der Waals surface area (Å²) >= 11 is 1.38. The van der Waals surface area contributed by atoms with Crippen LogP contribution in [0.3, 0.4) is 0 Å². The predicted octanol–water partition coefficient (Wildman–Crippen LogP) is 5.66. The zero-order valence-corrected chi connectivity index (χ0v) is 21.0. The van der Waals surface area contributed by atoms with Gasteiger partial charge in [0.05, 0.1) is 22.5 Å². The third kappa shape index (κ3) is 5.23. The van der Waals surface area contributed by atoms with Gasteiger partial charge in [-0.25, -0.2) is 14.4 Å². The normalized spacial score (nSPS) is 14.9. The molecule has 4 aromatic heterocycles. The van der Waals surface area contributed by atoms with Crippen LogP contribution in [0.1, 0.15) is 56.6 Å². The molecule has 4 aromatic rings. The topological polar surface area (TPSA) is 101 Å². The Hall–Kier alpha value is -3.87. The van der Waals surface area contributed by atoms with Crippen LogP contribution in [0.4, 0.5) is 23.5 Å². The van der Waals surface area contributed by atoms with E-state index in [0.717, 1.165) is 23.2 Å². The van der Waals surface area contributed by atoms with Gasteiger partial charge in [0.1, 0.15) is 5.82 Å². The Balaban J connectivity index is 1.28. The average Bonchev–Trinajstić information content (AvgIpc) is 3.46. The Bertz CT molecular complexity index is 1530. The summed E-state index contributed by atoms with van der Waals surface area (Å²) in [6, 6.07) is 4.53. The van der Waals surface area contributed by atoms with Crippen LogP contribution < -0.4 is 5.32 Å². The van der Waals surface area contributed by atoms with Crippen molar-refractivity contribution in [2.24, 2.45) is 5.92 Å². The number of ketones is 1. The van der Waals surface area contributed by atoms with Crippen molar-refractivity contribution in [2.75, 3.05) is 18.4 Å². The van der Waals surface area contributed by atoms with Crippen molar-refractivity contribution in [2.45, 2.75) is 32.5 Å². The van der Waals surface area contributed by atoms with E-state index in [1.807, 2.05) is 13.0 Å². The number of halogens is 4. The van der Waals surface area contributed by atoms with Crippen molar-refractivity contribution in [3.8, 4) is 0 Å². The number of rotatable bonds is 7. The van der Waals surface area contributed by atoms with E-state index in [0.29, 0.717) is 15.8 Å². The van der Waals surface area contributed by atoms with Gasteiger partial charge in [-0.15, -0.1) is 11.3 Å². The number of likely N-dealkylation sites (tertiary alicyclic amines) is 1. The Morgan fingerprint density at radius 3 is 2.66 bits per heavy atom. The minimum absolute atomic E-state index is 0.0438. The number of carbonyl (C=O) groups is 2. The van der Waals surface area contributed by atoms with Crippen LogP contribution in [-0.4, -0.2) is 44.6 Å². The van der Waals surface area contributed by atoms with Crippen molar-refractivity contribution in [3.05, 3.63) is 70.1 Å². The first-order valence-corrected chi connectivity index (χ1v) is 12.4. The number of fused-ring (bicyclic) bond motifs is 1. The molecule has 5 rings (SSSR count). The molecule has 198 valence electrons. The molecule has 1 aliphatic heterocycles. The predicted molar refractivity (Wildman–Crippen MR) is 130 cm³/mol. The molecule has 1 saturated heterocycles. The van der Waals surface area contributed by atoms with Gasteiger partial charge in [-0.2, -0.15) is 13.2 Å². The SMILES string of the molecule is Cc1cc2nc(N[C@@H](C)c3cncc(F)c3)nc(C(=O)N3CC(CC(=O)c4ccc(C(F)(F)F)o4)C3)c2s1. The van der Waals surface area contributed by atoms with Gasteiger partial charge < -0.3 is 14.6 Å². The lowest BCUT2D eigenvalue weighted by Gasteiger charge is -2.38. The standard InChI is InChI=1S/C25H21F4N5O3S/c1-12-5-17-22(38-12)21(33-24(32-17)31-13(2)15-7-16(26)9-30-8-15)23(36)34-10-14(11-34)6-18(35)19-3-4-20(37-19)25(27,28)29/h3-5,7-9,13-14H,6,10-11H2,1-2H3,(H,31,32,33)/t13-/m0/s1. The number of aromatic nitrogens is 3. The van der Waals surface area contributed by atoms with Gasteiger partial charge in [-0.3, -0.25) is 14.6 Å². The van der Waals surface area contributed by atoms with Crippen LogP contribution >= 0.6 is 11.3 Å². The maximum absolute atomic E-state index is 13.6. The summed E-state index contributed by atoms with van der Waals surface area (Å²) < 4.78 is 57.1. The zero-order valence-electron chi connectivity index (χ0n) is 20.2. The molecule has 1 amide bonds. The van der Waals surface area contributed by atoms with Gasteiger partial charge in [0.25, 0.3) is 5.91 Å². The van der Waals surface area contributed by atoms with E-state index in [9.17, 15) is 27.2 Å². The number of hydrogen-bond donors (Lipinski definition) is 1. The van der Waals surface area contributed by atoms with Crippen molar-refractivity contribution in [1.29, 1.82) is 0 Å². The van der Waals surface area contributed by atoms with Crippen molar-refractivity contribution in [1.82, 2.24) is 19.9 Å². The lowest BCUT2D eigenvalue weighted by atomic mass is 9.93. The van der Waals surface area contributed by atoms with Crippen LogP contribution in [0, 0.1) is 18.7 Å². The fourth-order valence-electron chi connectivity index (χ4n) is 4.22. The lowest BCUT2D eigenvalue weighted by Crippen LogP contribution is -2.50. The largest absolute Gasteiger partial charge is 0.449 e. The molecule has 1 fully saturated rings. The summed E-state index contributed by atoms with van der Waals surface area (Å²) in [5.41, 5.74) is 1.37. The molecule has 0 spiro atoms. The molecule has 0 unspecified atom stereocenters. The van der Waals surface area contributed by atoms with E-state index in [1.165, 1.54) is 28.5 Å². The third-order valence-corrected chi connectivity index (χ3v) is 7.19. The molecule has 1 atom stereocenters. The second-order valence-corrected chi connectivity index (χ2v) is 10.4. The number of aryl methyl sites for hydroxylation is 1. The number of amides is 1. The zero-order chi connectivity index (χ0) is 27.2. The number of furan rings is 1. The van der Waals surface area contributed by atoms with Crippen molar-refractivity contribution >= 4 is 39.2 Å². The highest BCUT2D eigenvalue weighted by Crippen LogP contribution is 2.33. The maximum atomic E-state index is 13.6. The number of nitrogens with zero attached hydrogens (tertiary/aromatic N) is 4. The minimum Gasteiger partial charge on any atom is -0.448 e. The fourth-order valence-corrected chi connectivity index (χ4v) is 5.15. The van der Waals surface area contributed by atoms with E-state index in [-0.39, 0.29) is 48.7 Å². The van der Waals surface area contributed by atoms with Crippen LogP contribution in [0.5, 0.6) is 0 Å². The van der Waals surface area contributed by atoms with Crippen LogP contribution in [0.25, 0.3) is 10.2 Å². The Morgan fingerprint density at radius 2 is 1.97 bits per heavy atom. The number of pyridine rings is 1. The molecule has 5 heterocycles. The summed E-state index contributed by atoms with van der Waals surface area (Å²) in [5.74, 6) is -2.97. The molecule has 0 saturated carbocycles. The van der Waals surface area contributed by atoms with Crippen LogP contribution in [0.15, 0.2) is 41.1 Å². The lowest BCUT2D eigenvalue weighted by molar-refractivity contribution is -0.153. The number of anilines is 1. The number of Topliss-reactive ketones (excluding diaryl/α,β-unsaturated/α-hetero) is 1. The summed E-state index contributed by atoms with van der Waals surface area (Å²) in [5, 5.41) is 3.09. The van der Waals surface area contributed by atoms with Gasteiger partial charge in [0.2, 0.25) is 11.7 Å². The summed E-state index contributed by atoms with van der Waals surface area (Å²) in [6.07, 6.45) is -2.08. The molecule has 1 N–H and O–H groups in total. The second-order valence-electron chi connectivity index (χ2n) is 9.13. The van der Waals surface area contributed by atoms with Gasteiger partial charge in [0.15, 0.2) is 17.2 Å². The highest BCUT2D eigenvalue weighted by Gasteiger charge is 2.37. The average molecular weight is 548 g/mol. The number of nitrogens with one attached hydrogen (secondary N) is 1. The molecule has 0 aromatic carbocycles. The summed E-state index contributed by atoms with van der Waals surface area (Å²) in [4.78, 5) is 41.0.